The van der Waals surface area contributed by atoms with Gasteiger partial charge in [-0.1, -0.05) is 0 Å². The number of rotatable bonds is 40. The smallest absolute Gasteiger partial charge is 0.253 e. The lowest BCUT2D eigenvalue weighted by atomic mass is 10.2. The zero-order valence-electron chi connectivity index (χ0n) is 30.9. The maximum atomic E-state index is 11.4. The van der Waals surface area contributed by atoms with Gasteiger partial charge < -0.3 is 66.3 Å². The first-order chi connectivity index (χ1) is 25.8. The standard InChI is InChI=1S/C35H63NO16/c37-33-4-5-34(38)36(33)6-8-39-9-10-40-11-12-41-13-14-42-15-16-43-17-18-44-19-20-45-21-22-46-23-24-47-25-26-48-27-28-49-29-30-50-31-32-52-35-3-1-2-7-51-35/h4-5,35H,1-3,6-32H2. The Morgan fingerprint density at radius 2 is 0.712 bits per heavy atom. The molecule has 0 aromatic heterocycles. The summed E-state index contributed by atoms with van der Waals surface area (Å²) >= 11 is 0. The maximum Gasteiger partial charge on any atom is 0.253 e. The lowest BCUT2D eigenvalue weighted by Crippen LogP contribution is -2.33. The van der Waals surface area contributed by atoms with E-state index in [-0.39, 0.29) is 31.3 Å². The number of amides is 2. The Hall–Kier alpha value is -1.68. The second kappa shape index (κ2) is 36.3. The van der Waals surface area contributed by atoms with Crippen LogP contribution in [0.1, 0.15) is 19.3 Å². The molecule has 2 aliphatic rings. The monoisotopic (exact) mass is 753 g/mol. The van der Waals surface area contributed by atoms with Crippen molar-refractivity contribution in [2.24, 2.45) is 0 Å². The molecule has 0 bridgehead atoms. The summed E-state index contributed by atoms with van der Waals surface area (Å²) in [5.41, 5.74) is 0. The first-order valence-electron chi connectivity index (χ1n) is 18.5. The number of carbonyl (C=O) groups is 2. The Morgan fingerprint density at radius 1 is 0.423 bits per heavy atom. The highest BCUT2D eigenvalue weighted by Gasteiger charge is 2.22. The molecule has 2 amide bonds. The van der Waals surface area contributed by atoms with Crippen molar-refractivity contribution in [1.29, 1.82) is 0 Å². The van der Waals surface area contributed by atoms with Crippen LogP contribution in [0.4, 0.5) is 0 Å². The summed E-state index contributed by atoms with van der Waals surface area (Å²) in [7, 11) is 0. The molecule has 0 N–H and O–H groups in total. The second-order valence-electron chi connectivity index (χ2n) is 11.2. The number of ether oxygens (including phenoxy) is 14. The van der Waals surface area contributed by atoms with Crippen LogP contribution in [0.2, 0.25) is 0 Å². The van der Waals surface area contributed by atoms with E-state index in [4.69, 9.17) is 66.3 Å². The molecule has 0 aliphatic carbocycles. The van der Waals surface area contributed by atoms with E-state index in [0.717, 1.165) is 30.8 Å². The molecule has 2 rings (SSSR count). The number of hydrogen-bond donors (Lipinski definition) is 0. The van der Waals surface area contributed by atoms with Crippen LogP contribution in [0.15, 0.2) is 12.2 Å². The van der Waals surface area contributed by atoms with E-state index in [1.165, 1.54) is 12.2 Å². The molecule has 17 heteroatoms. The van der Waals surface area contributed by atoms with Gasteiger partial charge in [0.05, 0.1) is 172 Å². The van der Waals surface area contributed by atoms with Gasteiger partial charge in [0.25, 0.3) is 11.8 Å². The fourth-order valence-electron chi connectivity index (χ4n) is 4.41. The van der Waals surface area contributed by atoms with Crippen LogP contribution in [-0.2, 0) is 75.9 Å². The Labute approximate surface area is 308 Å². The molecule has 0 radical (unpaired) electrons. The molecule has 0 saturated carbocycles. The second-order valence-corrected chi connectivity index (χ2v) is 11.2. The summed E-state index contributed by atoms with van der Waals surface area (Å²) in [5, 5.41) is 0. The first-order valence-corrected chi connectivity index (χ1v) is 18.5. The van der Waals surface area contributed by atoms with Gasteiger partial charge in [-0.15, -0.1) is 0 Å². The Bertz CT molecular complexity index is 830. The van der Waals surface area contributed by atoms with Crippen LogP contribution in [-0.4, -0.2) is 201 Å². The van der Waals surface area contributed by atoms with Crippen molar-refractivity contribution in [3.8, 4) is 0 Å². The van der Waals surface area contributed by atoms with E-state index in [0.29, 0.717) is 159 Å². The molecule has 304 valence electrons. The zero-order valence-corrected chi connectivity index (χ0v) is 30.9. The summed E-state index contributed by atoms with van der Waals surface area (Å²) < 4.78 is 76.7. The Morgan fingerprint density at radius 3 is 1.00 bits per heavy atom. The Balaban J connectivity index is 1.12. The topological polar surface area (TPSA) is 167 Å². The minimum atomic E-state index is -0.308. The number of hydrogen-bond acceptors (Lipinski definition) is 16. The highest BCUT2D eigenvalue weighted by atomic mass is 16.7. The molecule has 1 fully saturated rings. The zero-order chi connectivity index (χ0) is 36.8. The van der Waals surface area contributed by atoms with Gasteiger partial charge in [0.15, 0.2) is 6.29 Å². The molecule has 1 unspecified atom stereocenters. The maximum absolute atomic E-state index is 11.4. The lowest BCUT2D eigenvalue weighted by molar-refractivity contribution is -0.169. The van der Waals surface area contributed by atoms with E-state index in [1.54, 1.807) is 0 Å². The molecule has 0 aromatic rings. The molecule has 52 heavy (non-hydrogen) atoms. The van der Waals surface area contributed by atoms with Gasteiger partial charge in [-0.3, -0.25) is 14.5 Å². The van der Waals surface area contributed by atoms with E-state index in [9.17, 15) is 9.59 Å². The summed E-state index contributed by atoms with van der Waals surface area (Å²) in [6.45, 7) is 13.0. The number of imide groups is 1. The normalized spacial score (nSPS) is 16.2. The molecular formula is C35H63NO16. The van der Waals surface area contributed by atoms with Crippen LogP contribution < -0.4 is 0 Å². The van der Waals surface area contributed by atoms with Gasteiger partial charge in [0.1, 0.15) is 0 Å². The SMILES string of the molecule is O=C1C=CC(=O)N1CCOCCOCCOCCOCCOCCOCCOCCOCCOCCOCCOCCOCCOC1CCCCO1. The largest absolute Gasteiger partial charge is 0.377 e. The molecule has 1 atom stereocenters. The van der Waals surface area contributed by atoms with Crippen LogP contribution in [0.25, 0.3) is 0 Å². The predicted octanol–water partition coefficient (Wildman–Crippen LogP) is 0.654. The van der Waals surface area contributed by atoms with Crippen molar-refractivity contribution in [1.82, 2.24) is 4.90 Å². The van der Waals surface area contributed by atoms with Crippen LogP contribution >= 0.6 is 0 Å². The molecule has 1 saturated heterocycles. The minimum absolute atomic E-state index is 0.0724. The molecule has 2 aliphatic heterocycles. The van der Waals surface area contributed by atoms with Crippen molar-refractivity contribution >= 4 is 11.8 Å². The van der Waals surface area contributed by atoms with E-state index < -0.39 is 0 Å². The van der Waals surface area contributed by atoms with Crippen LogP contribution in [0.3, 0.4) is 0 Å². The summed E-state index contributed by atoms with van der Waals surface area (Å²) in [6.07, 6.45) is 5.68. The van der Waals surface area contributed by atoms with E-state index >= 15 is 0 Å². The van der Waals surface area contributed by atoms with Crippen molar-refractivity contribution in [3.05, 3.63) is 12.2 Å². The summed E-state index contributed by atoms with van der Waals surface area (Å²) in [6, 6.07) is 0. The Kier molecular flexibility index (Phi) is 32.4. The van der Waals surface area contributed by atoms with Crippen LogP contribution in [0, 0.1) is 0 Å². The van der Waals surface area contributed by atoms with Gasteiger partial charge in [-0.2, -0.15) is 0 Å². The average Bonchev–Trinajstić information content (AvgIpc) is 3.48. The van der Waals surface area contributed by atoms with Gasteiger partial charge in [-0.05, 0) is 19.3 Å². The van der Waals surface area contributed by atoms with Crippen LogP contribution in [0.5, 0.6) is 0 Å². The van der Waals surface area contributed by atoms with E-state index in [2.05, 4.69) is 0 Å². The van der Waals surface area contributed by atoms with Crippen molar-refractivity contribution in [2.75, 3.05) is 178 Å². The van der Waals surface area contributed by atoms with E-state index in [1.807, 2.05) is 0 Å². The molecule has 0 spiro atoms. The minimum Gasteiger partial charge on any atom is -0.377 e. The van der Waals surface area contributed by atoms with Gasteiger partial charge in [0.2, 0.25) is 0 Å². The number of nitrogens with zero attached hydrogens (tertiary/aromatic N) is 1. The van der Waals surface area contributed by atoms with Gasteiger partial charge >= 0.3 is 0 Å². The highest BCUT2D eigenvalue weighted by Crippen LogP contribution is 2.13. The van der Waals surface area contributed by atoms with Crippen molar-refractivity contribution in [2.45, 2.75) is 25.6 Å². The first kappa shape index (κ1) is 46.5. The third-order valence-electron chi connectivity index (χ3n) is 7.12. The fourth-order valence-corrected chi connectivity index (χ4v) is 4.41. The van der Waals surface area contributed by atoms with Gasteiger partial charge in [-0.25, -0.2) is 0 Å². The van der Waals surface area contributed by atoms with Crippen molar-refractivity contribution < 1.29 is 75.9 Å². The lowest BCUT2D eigenvalue weighted by Gasteiger charge is -2.22. The van der Waals surface area contributed by atoms with Crippen molar-refractivity contribution in [3.63, 3.8) is 0 Å². The quantitative estimate of drug-likeness (QED) is 0.0632. The summed E-state index contributed by atoms with van der Waals surface area (Å²) in [4.78, 5) is 24.0. The third kappa shape index (κ3) is 28.8. The molecule has 2 heterocycles. The molecule has 0 aromatic carbocycles. The summed E-state index contributed by atoms with van der Waals surface area (Å²) in [5.74, 6) is -0.615. The molecular weight excluding hydrogens is 690 g/mol. The fraction of sp³-hybridized carbons (Fsp3) is 0.886. The predicted molar refractivity (Wildman–Crippen MR) is 185 cm³/mol. The molecule has 17 nitrogen and oxygen atoms in total. The number of carbonyl (C=O) groups excluding carboxylic acids is 2. The third-order valence-corrected chi connectivity index (χ3v) is 7.12. The van der Waals surface area contributed by atoms with Gasteiger partial charge in [0, 0.05) is 18.8 Å². The highest BCUT2D eigenvalue weighted by molar-refractivity contribution is 6.12. The average molecular weight is 754 g/mol.